The lowest BCUT2D eigenvalue weighted by molar-refractivity contribution is -0.137. The van der Waals surface area contributed by atoms with E-state index in [2.05, 4.69) is 32.2 Å². The van der Waals surface area contributed by atoms with Gasteiger partial charge in [-0.15, -0.1) is 6.58 Å². The van der Waals surface area contributed by atoms with Crippen molar-refractivity contribution >= 4 is 17.5 Å². The topological polar surface area (TPSA) is 99.9 Å². The first-order valence-electron chi connectivity index (χ1n) is 13.5. The molecule has 2 unspecified atom stereocenters. The summed E-state index contributed by atoms with van der Waals surface area (Å²) in [4.78, 5) is 29.8. The Hall–Kier alpha value is -3.38. The molecule has 1 aromatic carbocycles. The molecule has 0 aliphatic carbocycles. The van der Waals surface area contributed by atoms with Crippen molar-refractivity contribution in [2.45, 2.75) is 57.5 Å². The predicted molar refractivity (Wildman–Crippen MR) is 143 cm³/mol. The number of benzene rings is 1. The Balaban J connectivity index is 1.33. The minimum atomic E-state index is -4.56. The molecule has 2 fully saturated rings. The molecule has 2 amide bonds. The number of alkyl halides is 3. The van der Waals surface area contributed by atoms with E-state index in [4.69, 9.17) is 9.26 Å². The molecule has 2 aromatic rings. The molecule has 2 aliphatic rings. The number of likely N-dealkylation sites (tertiary alicyclic amines) is 1. The third kappa shape index (κ3) is 7.22. The summed E-state index contributed by atoms with van der Waals surface area (Å²) in [6, 6.07) is 4.09. The van der Waals surface area contributed by atoms with Crippen LogP contribution in [-0.2, 0) is 15.7 Å². The zero-order valence-corrected chi connectivity index (χ0v) is 22.8. The van der Waals surface area contributed by atoms with Crippen molar-refractivity contribution in [1.82, 2.24) is 20.7 Å². The van der Waals surface area contributed by atoms with Gasteiger partial charge in [0.2, 0.25) is 5.91 Å². The molecule has 2 N–H and O–H groups in total. The minimum Gasteiger partial charge on any atom is -0.371 e. The first-order valence-corrected chi connectivity index (χ1v) is 13.5. The van der Waals surface area contributed by atoms with Crippen LogP contribution in [0.3, 0.4) is 0 Å². The second kappa shape index (κ2) is 12.9. The zero-order valence-electron chi connectivity index (χ0n) is 22.8. The highest BCUT2D eigenvalue weighted by molar-refractivity contribution is 5.96. The van der Waals surface area contributed by atoms with Gasteiger partial charge in [0, 0.05) is 37.8 Å². The normalized spacial score (nSPS) is 22.1. The second-order valence-corrected chi connectivity index (χ2v) is 10.3. The summed E-state index contributed by atoms with van der Waals surface area (Å²) >= 11 is 0. The van der Waals surface area contributed by atoms with Crippen molar-refractivity contribution in [3.05, 3.63) is 59.5 Å². The maximum atomic E-state index is 13.0. The number of anilines is 1. The van der Waals surface area contributed by atoms with Crippen LogP contribution in [0.25, 0.3) is 0 Å². The first-order chi connectivity index (χ1) is 19.1. The number of halogens is 3. The van der Waals surface area contributed by atoms with Crippen molar-refractivity contribution in [2.75, 3.05) is 44.2 Å². The standard InChI is InChI=1S/C28H36F3N5O4/c1-4-13-39-24-17-36(22-9-6-11-35(12-10-22)26-18(2)34-40-19(26)3)16-23(24)33-25(37)15-32-27(38)20-7-5-8-21(14-20)28(29,30)31/h4-5,7-8,14,22-24H,1,6,9-13,15-17H2,2-3H3,(H,32,38)(H,33,37)/t22?,23?,24-/m0/s1. The van der Waals surface area contributed by atoms with Gasteiger partial charge in [-0.25, -0.2) is 0 Å². The van der Waals surface area contributed by atoms with Gasteiger partial charge in [0.05, 0.1) is 30.9 Å². The molecule has 9 nitrogen and oxygen atoms in total. The molecule has 3 atom stereocenters. The smallest absolute Gasteiger partial charge is 0.371 e. The number of hydrogen-bond donors (Lipinski definition) is 2. The number of hydrogen-bond acceptors (Lipinski definition) is 7. The number of carbonyl (C=O) groups excluding carboxylic acids is 2. The first kappa shape index (κ1) is 29.6. The van der Waals surface area contributed by atoms with E-state index in [-0.39, 0.29) is 24.3 Å². The fourth-order valence-electron chi connectivity index (χ4n) is 5.55. The highest BCUT2D eigenvalue weighted by Gasteiger charge is 2.38. The quantitative estimate of drug-likeness (QED) is 0.451. The molecule has 0 saturated carbocycles. The summed E-state index contributed by atoms with van der Waals surface area (Å²) in [5.74, 6) is -0.377. The molecule has 2 saturated heterocycles. The highest BCUT2D eigenvalue weighted by atomic mass is 19.4. The van der Waals surface area contributed by atoms with Crippen LogP contribution in [0, 0.1) is 13.8 Å². The third-order valence-electron chi connectivity index (χ3n) is 7.46. The average Bonchev–Trinajstić information content (AvgIpc) is 3.37. The van der Waals surface area contributed by atoms with Gasteiger partial charge >= 0.3 is 6.18 Å². The largest absolute Gasteiger partial charge is 0.416 e. The van der Waals surface area contributed by atoms with E-state index in [9.17, 15) is 22.8 Å². The number of nitrogens with one attached hydrogen (secondary N) is 2. The summed E-state index contributed by atoms with van der Waals surface area (Å²) in [6.07, 6.45) is -0.227. The summed E-state index contributed by atoms with van der Waals surface area (Å²) in [5.41, 5.74) is 0.858. The van der Waals surface area contributed by atoms with E-state index in [1.54, 1.807) is 6.08 Å². The van der Waals surface area contributed by atoms with Gasteiger partial charge in [-0.2, -0.15) is 13.2 Å². The number of aryl methyl sites for hydroxylation is 2. The molecule has 0 bridgehead atoms. The van der Waals surface area contributed by atoms with E-state index < -0.39 is 23.6 Å². The molecule has 3 heterocycles. The zero-order chi connectivity index (χ0) is 28.9. The molecular weight excluding hydrogens is 527 g/mol. The Morgan fingerprint density at radius 3 is 2.73 bits per heavy atom. The maximum absolute atomic E-state index is 13.0. The number of ether oxygens (including phenoxy) is 1. The monoisotopic (exact) mass is 563 g/mol. The summed E-state index contributed by atoms with van der Waals surface area (Å²) < 4.78 is 50.3. The van der Waals surface area contributed by atoms with Crippen LogP contribution in [0.4, 0.5) is 18.9 Å². The predicted octanol–water partition coefficient (Wildman–Crippen LogP) is 3.47. The van der Waals surface area contributed by atoms with E-state index >= 15 is 0 Å². The lowest BCUT2D eigenvalue weighted by Crippen LogP contribution is -2.48. The number of carbonyl (C=O) groups is 2. The Kier molecular flexibility index (Phi) is 9.52. The van der Waals surface area contributed by atoms with E-state index in [0.29, 0.717) is 25.7 Å². The molecule has 2 aliphatic heterocycles. The molecular formula is C28H36F3N5O4. The Morgan fingerprint density at radius 2 is 2.02 bits per heavy atom. The van der Waals surface area contributed by atoms with Gasteiger partial charge in [-0.3, -0.25) is 14.5 Å². The molecule has 0 radical (unpaired) electrons. The highest BCUT2D eigenvalue weighted by Crippen LogP contribution is 2.30. The Bertz CT molecular complexity index is 1180. The van der Waals surface area contributed by atoms with Gasteiger partial charge in [0.15, 0.2) is 5.76 Å². The molecule has 12 heteroatoms. The van der Waals surface area contributed by atoms with Crippen LogP contribution in [0.5, 0.6) is 0 Å². The minimum absolute atomic E-state index is 0.166. The van der Waals surface area contributed by atoms with Crippen LogP contribution in [0.1, 0.15) is 46.6 Å². The SMILES string of the molecule is C=CCO[C@H]1CN(C2CCCN(c3c(C)noc3C)CC2)CC1NC(=O)CNC(=O)c1cccc(C(F)(F)F)c1. The van der Waals surface area contributed by atoms with Gasteiger partial charge in [0.25, 0.3) is 5.91 Å². The molecule has 40 heavy (non-hydrogen) atoms. The second-order valence-electron chi connectivity index (χ2n) is 10.3. The summed E-state index contributed by atoms with van der Waals surface area (Å²) in [5, 5.41) is 9.45. The fourth-order valence-corrected chi connectivity index (χ4v) is 5.55. The van der Waals surface area contributed by atoms with Crippen molar-refractivity contribution in [3.8, 4) is 0 Å². The molecule has 4 rings (SSSR count). The van der Waals surface area contributed by atoms with Gasteiger partial charge in [0.1, 0.15) is 11.4 Å². The van der Waals surface area contributed by atoms with Crippen LogP contribution in [0.15, 0.2) is 41.4 Å². The number of rotatable bonds is 9. The van der Waals surface area contributed by atoms with Crippen molar-refractivity contribution in [2.24, 2.45) is 0 Å². The lowest BCUT2D eigenvalue weighted by atomic mass is 10.1. The number of aromatic nitrogens is 1. The van der Waals surface area contributed by atoms with Crippen molar-refractivity contribution < 1.29 is 32.0 Å². The van der Waals surface area contributed by atoms with E-state index in [1.165, 1.54) is 6.07 Å². The lowest BCUT2D eigenvalue weighted by Gasteiger charge is -2.27. The van der Waals surface area contributed by atoms with Gasteiger partial charge in [-0.1, -0.05) is 17.3 Å². The van der Waals surface area contributed by atoms with Crippen molar-refractivity contribution in [3.63, 3.8) is 0 Å². The summed E-state index contributed by atoms with van der Waals surface area (Å²) in [6.45, 7) is 10.6. The van der Waals surface area contributed by atoms with Crippen LogP contribution >= 0.6 is 0 Å². The maximum Gasteiger partial charge on any atom is 0.416 e. The van der Waals surface area contributed by atoms with Crippen LogP contribution in [-0.4, -0.2) is 79.4 Å². The van der Waals surface area contributed by atoms with Crippen molar-refractivity contribution in [1.29, 1.82) is 0 Å². The van der Waals surface area contributed by atoms with E-state index in [1.807, 2.05) is 13.8 Å². The Morgan fingerprint density at radius 1 is 1.23 bits per heavy atom. The van der Waals surface area contributed by atoms with Gasteiger partial charge < -0.3 is 24.8 Å². The van der Waals surface area contributed by atoms with Crippen LogP contribution < -0.4 is 15.5 Å². The number of amides is 2. The van der Waals surface area contributed by atoms with Gasteiger partial charge in [-0.05, 0) is 51.3 Å². The third-order valence-corrected chi connectivity index (χ3v) is 7.46. The fraction of sp³-hybridized carbons (Fsp3) is 0.536. The summed E-state index contributed by atoms with van der Waals surface area (Å²) in [7, 11) is 0. The Labute approximate surface area is 231 Å². The van der Waals surface area contributed by atoms with E-state index in [0.717, 1.165) is 67.7 Å². The molecule has 218 valence electrons. The molecule has 1 aromatic heterocycles. The molecule has 0 spiro atoms. The average molecular weight is 564 g/mol. The number of nitrogens with zero attached hydrogens (tertiary/aromatic N) is 3. The van der Waals surface area contributed by atoms with Crippen LogP contribution in [0.2, 0.25) is 0 Å².